The number of fused-ring (bicyclic) bond motifs is 1. The molecule has 0 amide bonds. The SMILES string of the molecule is CCOc1cccc2c1nc(C(C)Cl)n2CC(C)COC. The van der Waals surface area contributed by atoms with Crippen LogP contribution < -0.4 is 4.74 Å². The Labute approximate surface area is 131 Å². The first kappa shape index (κ1) is 16.1. The van der Waals surface area contributed by atoms with Crippen molar-refractivity contribution in [1.29, 1.82) is 0 Å². The van der Waals surface area contributed by atoms with Crippen LogP contribution in [0.2, 0.25) is 0 Å². The fraction of sp³-hybridized carbons (Fsp3) is 0.562. The zero-order valence-electron chi connectivity index (χ0n) is 13.1. The Balaban J connectivity index is 2.50. The number of aromatic nitrogens is 2. The molecule has 0 aliphatic heterocycles. The van der Waals surface area contributed by atoms with Gasteiger partial charge in [0.2, 0.25) is 0 Å². The van der Waals surface area contributed by atoms with Crippen LogP contribution in [0.3, 0.4) is 0 Å². The van der Waals surface area contributed by atoms with Gasteiger partial charge in [0.25, 0.3) is 0 Å². The van der Waals surface area contributed by atoms with Crippen LogP contribution in [-0.2, 0) is 11.3 Å². The predicted molar refractivity (Wildman–Crippen MR) is 86.2 cm³/mol. The van der Waals surface area contributed by atoms with Gasteiger partial charge in [0, 0.05) is 13.7 Å². The quantitative estimate of drug-likeness (QED) is 0.725. The molecule has 1 aromatic carbocycles. The van der Waals surface area contributed by atoms with Gasteiger partial charge in [-0.25, -0.2) is 4.98 Å². The molecule has 0 aliphatic rings. The van der Waals surface area contributed by atoms with E-state index < -0.39 is 0 Å². The van der Waals surface area contributed by atoms with Crippen molar-refractivity contribution in [2.45, 2.75) is 32.7 Å². The van der Waals surface area contributed by atoms with Gasteiger partial charge in [-0.05, 0) is 31.9 Å². The normalized spacial score (nSPS) is 14.3. The Hall–Kier alpha value is -1.26. The number of hydrogen-bond donors (Lipinski definition) is 0. The van der Waals surface area contributed by atoms with Crippen molar-refractivity contribution in [3.8, 4) is 5.75 Å². The van der Waals surface area contributed by atoms with Crippen LogP contribution in [-0.4, -0.2) is 29.9 Å². The highest BCUT2D eigenvalue weighted by Gasteiger charge is 2.19. The van der Waals surface area contributed by atoms with Gasteiger partial charge in [-0.15, -0.1) is 11.6 Å². The molecule has 0 fully saturated rings. The van der Waals surface area contributed by atoms with Crippen LogP contribution in [0.4, 0.5) is 0 Å². The molecule has 0 bridgehead atoms. The van der Waals surface area contributed by atoms with Crippen LogP contribution in [0.1, 0.15) is 32.0 Å². The largest absolute Gasteiger partial charge is 0.492 e. The van der Waals surface area contributed by atoms with Crippen LogP contribution >= 0.6 is 11.6 Å². The third-order valence-corrected chi connectivity index (χ3v) is 3.57. The minimum atomic E-state index is -0.151. The molecule has 0 N–H and O–H groups in total. The second kappa shape index (κ2) is 7.14. The lowest BCUT2D eigenvalue weighted by Crippen LogP contribution is -2.15. The monoisotopic (exact) mass is 310 g/mol. The Morgan fingerprint density at radius 1 is 1.33 bits per heavy atom. The summed E-state index contributed by atoms with van der Waals surface area (Å²) < 4.78 is 13.1. The van der Waals surface area contributed by atoms with E-state index in [2.05, 4.69) is 17.6 Å². The number of benzene rings is 1. The lowest BCUT2D eigenvalue weighted by atomic mass is 10.2. The Bertz CT molecular complexity index is 595. The van der Waals surface area contributed by atoms with Crippen molar-refractivity contribution in [1.82, 2.24) is 9.55 Å². The van der Waals surface area contributed by atoms with Crippen LogP contribution in [0.5, 0.6) is 5.75 Å². The Kier molecular flexibility index (Phi) is 5.48. The maximum Gasteiger partial charge on any atom is 0.147 e. The molecular formula is C16H23ClN2O2. The van der Waals surface area contributed by atoms with Gasteiger partial charge in [-0.3, -0.25) is 0 Å². The molecule has 2 rings (SSSR count). The van der Waals surface area contributed by atoms with Gasteiger partial charge >= 0.3 is 0 Å². The van der Waals surface area contributed by atoms with E-state index in [4.69, 9.17) is 26.1 Å². The molecule has 0 saturated carbocycles. The van der Waals surface area contributed by atoms with Crippen molar-refractivity contribution in [2.75, 3.05) is 20.3 Å². The molecule has 0 radical (unpaired) electrons. The first-order chi connectivity index (χ1) is 10.1. The van der Waals surface area contributed by atoms with E-state index in [0.717, 1.165) is 29.2 Å². The summed E-state index contributed by atoms with van der Waals surface area (Å²) in [5, 5.41) is -0.151. The Morgan fingerprint density at radius 2 is 2.10 bits per heavy atom. The van der Waals surface area contributed by atoms with Crippen LogP contribution in [0, 0.1) is 5.92 Å². The maximum absolute atomic E-state index is 6.31. The van der Waals surface area contributed by atoms with E-state index in [1.807, 2.05) is 26.0 Å². The molecule has 1 heterocycles. The van der Waals surface area contributed by atoms with E-state index in [0.29, 0.717) is 19.1 Å². The number of ether oxygens (including phenoxy) is 2. The molecule has 1 aromatic heterocycles. The van der Waals surface area contributed by atoms with Crippen molar-refractivity contribution in [3.05, 3.63) is 24.0 Å². The molecule has 0 spiro atoms. The second-order valence-corrected chi connectivity index (χ2v) is 5.97. The summed E-state index contributed by atoms with van der Waals surface area (Å²) >= 11 is 6.31. The molecule has 0 aliphatic carbocycles. The van der Waals surface area contributed by atoms with Crippen molar-refractivity contribution >= 4 is 22.6 Å². The molecule has 2 aromatic rings. The average Bonchev–Trinajstić information content (AvgIpc) is 2.80. The summed E-state index contributed by atoms with van der Waals surface area (Å²) in [4.78, 5) is 4.71. The van der Waals surface area contributed by atoms with Gasteiger partial charge in [0.1, 0.15) is 17.1 Å². The van der Waals surface area contributed by atoms with Crippen molar-refractivity contribution in [2.24, 2.45) is 5.92 Å². The molecule has 0 saturated heterocycles. The predicted octanol–water partition coefficient (Wildman–Crippen LogP) is 4.02. The maximum atomic E-state index is 6.31. The fourth-order valence-electron chi connectivity index (χ4n) is 2.56. The summed E-state index contributed by atoms with van der Waals surface area (Å²) in [5.74, 6) is 2.07. The van der Waals surface area contributed by atoms with E-state index in [1.165, 1.54) is 0 Å². The number of nitrogens with zero attached hydrogens (tertiary/aromatic N) is 2. The molecule has 21 heavy (non-hydrogen) atoms. The summed E-state index contributed by atoms with van der Waals surface area (Å²) in [7, 11) is 1.72. The van der Waals surface area contributed by atoms with Gasteiger partial charge in [-0.1, -0.05) is 13.0 Å². The van der Waals surface area contributed by atoms with Crippen LogP contribution in [0.25, 0.3) is 11.0 Å². The summed E-state index contributed by atoms with van der Waals surface area (Å²) in [5.41, 5.74) is 1.94. The molecule has 5 heteroatoms. The molecular weight excluding hydrogens is 288 g/mol. The lowest BCUT2D eigenvalue weighted by molar-refractivity contribution is 0.151. The zero-order chi connectivity index (χ0) is 15.4. The number of alkyl halides is 1. The van der Waals surface area contributed by atoms with Gasteiger partial charge in [0.15, 0.2) is 0 Å². The highest BCUT2D eigenvalue weighted by Crippen LogP contribution is 2.30. The number of methoxy groups -OCH3 is 1. The molecule has 2 unspecified atom stereocenters. The smallest absolute Gasteiger partial charge is 0.147 e. The van der Waals surface area contributed by atoms with E-state index in [-0.39, 0.29) is 5.38 Å². The highest BCUT2D eigenvalue weighted by atomic mass is 35.5. The van der Waals surface area contributed by atoms with Gasteiger partial charge in [0.05, 0.1) is 24.1 Å². The van der Waals surface area contributed by atoms with E-state index in [1.54, 1.807) is 7.11 Å². The molecule has 4 nitrogen and oxygen atoms in total. The van der Waals surface area contributed by atoms with Gasteiger partial charge in [-0.2, -0.15) is 0 Å². The topological polar surface area (TPSA) is 36.3 Å². The first-order valence-electron chi connectivity index (χ1n) is 7.33. The van der Waals surface area contributed by atoms with E-state index >= 15 is 0 Å². The first-order valence-corrected chi connectivity index (χ1v) is 7.77. The van der Waals surface area contributed by atoms with Crippen molar-refractivity contribution in [3.63, 3.8) is 0 Å². The zero-order valence-corrected chi connectivity index (χ0v) is 13.9. The minimum Gasteiger partial charge on any atom is -0.492 e. The summed E-state index contributed by atoms with van der Waals surface area (Å²) in [6, 6.07) is 6.01. The third-order valence-electron chi connectivity index (χ3n) is 3.37. The number of para-hydroxylation sites is 1. The fourth-order valence-corrected chi connectivity index (χ4v) is 2.72. The summed E-state index contributed by atoms with van der Waals surface area (Å²) in [6.07, 6.45) is 0. The minimum absolute atomic E-state index is 0.151. The number of imidazole rings is 1. The number of rotatable bonds is 7. The van der Waals surface area contributed by atoms with Crippen molar-refractivity contribution < 1.29 is 9.47 Å². The van der Waals surface area contributed by atoms with Gasteiger partial charge < -0.3 is 14.0 Å². The summed E-state index contributed by atoms with van der Waals surface area (Å²) in [6.45, 7) is 8.23. The molecule has 2 atom stereocenters. The lowest BCUT2D eigenvalue weighted by Gasteiger charge is -2.15. The average molecular weight is 311 g/mol. The number of hydrogen-bond acceptors (Lipinski definition) is 3. The third kappa shape index (κ3) is 3.50. The molecule has 116 valence electrons. The highest BCUT2D eigenvalue weighted by molar-refractivity contribution is 6.20. The number of halogens is 1. The standard InChI is InChI=1S/C16H23ClN2O2/c1-5-21-14-8-6-7-13-15(14)18-16(12(3)17)19(13)9-11(2)10-20-4/h6-8,11-12H,5,9-10H2,1-4H3. The van der Waals surface area contributed by atoms with Crippen LogP contribution in [0.15, 0.2) is 18.2 Å². The van der Waals surface area contributed by atoms with E-state index in [9.17, 15) is 0 Å². The Morgan fingerprint density at radius 3 is 2.71 bits per heavy atom. The second-order valence-electron chi connectivity index (χ2n) is 5.31.